The van der Waals surface area contributed by atoms with Gasteiger partial charge in [-0.3, -0.25) is 14.6 Å². The van der Waals surface area contributed by atoms with Crippen molar-refractivity contribution in [3.05, 3.63) is 35.1 Å². The highest BCUT2D eigenvalue weighted by molar-refractivity contribution is 6.32. The number of rotatable bonds is 2. The Hall–Kier alpha value is -1.84. The third-order valence-electron chi connectivity index (χ3n) is 7.23. The van der Waals surface area contributed by atoms with E-state index in [1.54, 1.807) is 52.1 Å². The minimum atomic E-state index is -1.32. The lowest BCUT2D eigenvalue weighted by Gasteiger charge is -2.34. The average Bonchev–Trinajstić information content (AvgIpc) is 3.45. The van der Waals surface area contributed by atoms with Gasteiger partial charge in [0.15, 0.2) is 0 Å². The molecule has 0 aromatic carbocycles. The number of aliphatic hydroxyl groups is 2. The number of aromatic nitrogens is 1. The van der Waals surface area contributed by atoms with E-state index in [2.05, 4.69) is 4.98 Å². The van der Waals surface area contributed by atoms with E-state index in [1.807, 2.05) is 13.0 Å². The second-order valence-electron chi connectivity index (χ2n) is 10.3. The van der Waals surface area contributed by atoms with Crippen molar-refractivity contribution in [3.8, 4) is 0 Å². The molecule has 194 valence electrons. The van der Waals surface area contributed by atoms with E-state index in [-0.39, 0.29) is 16.9 Å². The number of fused-ring (bicyclic) bond motifs is 1. The lowest BCUT2D eigenvalue weighted by Crippen LogP contribution is -2.47. The topological polar surface area (TPSA) is 118 Å². The fourth-order valence-corrected chi connectivity index (χ4v) is 4.64. The first-order valence-corrected chi connectivity index (χ1v) is 12.4. The first kappa shape index (κ1) is 27.7. The zero-order valence-electron chi connectivity index (χ0n) is 20.9. The summed E-state index contributed by atoms with van der Waals surface area (Å²) in [6.45, 7) is 8.69. The van der Waals surface area contributed by atoms with Crippen LogP contribution >= 0.6 is 11.6 Å². The van der Waals surface area contributed by atoms with E-state index < -0.39 is 53.7 Å². The maximum absolute atomic E-state index is 13.1. The molecule has 0 amide bonds. The van der Waals surface area contributed by atoms with Crippen molar-refractivity contribution in [2.75, 3.05) is 6.61 Å². The minimum absolute atomic E-state index is 0.218. The molecule has 2 aliphatic heterocycles. The Balaban J connectivity index is 1.86. The third kappa shape index (κ3) is 6.68. The standard InChI is InChI=1S/C26H36ClNO7/c1-15-23(31)16(2)33-11-9-26(5)21(35-26)13-19(18(27)12-17-8-6-7-10-28-17)34-22(30)14-20(29)25(3,4)24(15)32/h6-8,10,12,15-16,19-21,23,29,31H,9,11,13-14H2,1-5H3/t15-,16-,19+,20+,21+,23+,26-/m1/s1. The van der Waals surface area contributed by atoms with Crippen LogP contribution in [0.15, 0.2) is 29.4 Å². The van der Waals surface area contributed by atoms with Gasteiger partial charge in [0.05, 0.1) is 52.6 Å². The summed E-state index contributed by atoms with van der Waals surface area (Å²) in [5.41, 5.74) is -1.17. The van der Waals surface area contributed by atoms with Gasteiger partial charge in [0.1, 0.15) is 11.9 Å². The number of pyridine rings is 1. The molecular formula is C26H36ClNO7. The Labute approximate surface area is 211 Å². The molecule has 2 aliphatic rings. The summed E-state index contributed by atoms with van der Waals surface area (Å²) in [6, 6.07) is 5.39. The van der Waals surface area contributed by atoms with Gasteiger partial charge in [0.2, 0.25) is 0 Å². The van der Waals surface area contributed by atoms with Gasteiger partial charge in [-0.05, 0) is 32.1 Å². The van der Waals surface area contributed by atoms with Gasteiger partial charge in [0.25, 0.3) is 0 Å². The van der Waals surface area contributed by atoms with Gasteiger partial charge in [0, 0.05) is 31.6 Å². The number of aliphatic hydroxyl groups excluding tert-OH is 2. The molecule has 3 heterocycles. The summed E-state index contributed by atoms with van der Waals surface area (Å²) < 4.78 is 17.4. The number of ketones is 1. The highest BCUT2D eigenvalue weighted by Gasteiger charge is 2.53. The molecule has 0 aliphatic carbocycles. The van der Waals surface area contributed by atoms with Crippen molar-refractivity contribution in [1.29, 1.82) is 0 Å². The Morgan fingerprint density at radius 1 is 1.20 bits per heavy atom. The Morgan fingerprint density at radius 2 is 1.91 bits per heavy atom. The van der Waals surface area contributed by atoms with Gasteiger partial charge >= 0.3 is 5.97 Å². The van der Waals surface area contributed by atoms with Crippen molar-refractivity contribution in [2.45, 2.75) is 90.0 Å². The quantitative estimate of drug-likeness (QED) is 0.460. The molecular weight excluding hydrogens is 474 g/mol. The molecule has 1 aromatic rings. The molecule has 9 heteroatoms. The van der Waals surface area contributed by atoms with Gasteiger partial charge in [-0.1, -0.05) is 38.4 Å². The summed E-state index contributed by atoms with van der Waals surface area (Å²) in [7, 11) is 0. The minimum Gasteiger partial charge on any atom is -0.456 e. The van der Waals surface area contributed by atoms with Crippen molar-refractivity contribution < 1.29 is 34.0 Å². The second-order valence-corrected chi connectivity index (χ2v) is 10.8. The van der Waals surface area contributed by atoms with Crippen LogP contribution in [0.2, 0.25) is 0 Å². The zero-order chi connectivity index (χ0) is 26.0. The molecule has 0 unspecified atom stereocenters. The molecule has 35 heavy (non-hydrogen) atoms. The first-order valence-electron chi connectivity index (χ1n) is 12.0. The molecule has 7 atom stereocenters. The highest BCUT2D eigenvalue weighted by atomic mass is 35.5. The Morgan fingerprint density at radius 3 is 2.57 bits per heavy atom. The van der Waals surface area contributed by atoms with E-state index in [1.165, 1.54) is 0 Å². The number of carbonyl (C=O) groups excluding carboxylic acids is 2. The number of hydrogen-bond donors (Lipinski definition) is 2. The van der Waals surface area contributed by atoms with Crippen LogP contribution in [0.25, 0.3) is 6.08 Å². The number of epoxide rings is 1. The van der Waals surface area contributed by atoms with E-state index in [4.69, 9.17) is 25.8 Å². The lowest BCUT2D eigenvalue weighted by atomic mass is 9.74. The van der Waals surface area contributed by atoms with Gasteiger partial charge in [-0.2, -0.15) is 0 Å². The number of ether oxygens (including phenoxy) is 3. The zero-order valence-corrected chi connectivity index (χ0v) is 21.7. The monoisotopic (exact) mass is 509 g/mol. The van der Waals surface area contributed by atoms with Gasteiger partial charge < -0.3 is 24.4 Å². The molecule has 0 spiro atoms. The van der Waals surface area contributed by atoms with Crippen LogP contribution in [-0.2, 0) is 23.8 Å². The molecule has 2 N–H and O–H groups in total. The molecule has 0 saturated carbocycles. The van der Waals surface area contributed by atoms with Crippen LogP contribution < -0.4 is 0 Å². The number of cyclic esters (lactones) is 1. The summed E-state index contributed by atoms with van der Waals surface area (Å²) in [6.07, 6.45) is -0.250. The smallest absolute Gasteiger partial charge is 0.309 e. The van der Waals surface area contributed by atoms with Gasteiger partial charge in [-0.25, -0.2) is 0 Å². The number of Topliss-reactive ketones (excluding diaryl/α,β-unsaturated/α-hetero) is 1. The van der Waals surface area contributed by atoms with Crippen LogP contribution in [0.4, 0.5) is 0 Å². The third-order valence-corrected chi connectivity index (χ3v) is 7.58. The maximum atomic E-state index is 13.1. The van der Waals surface area contributed by atoms with Crippen molar-refractivity contribution in [1.82, 2.24) is 4.98 Å². The Bertz CT molecular complexity index is 937. The number of esters is 1. The number of carbonyl (C=O) groups is 2. The summed E-state index contributed by atoms with van der Waals surface area (Å²) in [5, 5.41) is 21.8. The maximum Gasteiger partial charge on any atom is 0.309 e. The average molecular weight is 510 g/mol. The predicted octanol–water partition coefficient (Wildman–Crippen LogP) is 3.27. The number of halogens is 1. The molecule has 3 rings (SSSR count). The van der Waals surface area contributed by atoms with Crippen molar-refractivity contribution >= 4 is 29.4 Å². The van der Waals surface area contributed by atoms with Gasteiger partial charge in [-0.15, -0.1) is 0 Å². The normalized spacial score (nSPS) is 37.3. The van der Waals surface area contributed by atoms with E-state index in [0.717, 1.165) is 0 Å². The fraction of sp³-hybridized carbons (Fsp3) is 0.654. The van der Waals surface area contributed by atoms with Crippen molar-refractivity contribution in [2.24, 2.45) is 11.3 Å². The molecule has 0 radical (unpaired) electrons. The SMILES string of the molecule is C[C@H]1OCC[C@@]2(C)O[C@H]2C[C@@H](C(Cl)=Cc2ccccn2)OC(=O)C[C@H](O)C(C)(C)C(=O)[C@H](C)[C@@H]1O. The van der Waals surface area contributed by atoms with E-state index >= 15 is 0 Å². The largest absolute Gasteiger partial charge is 0.456 e. The summed E-state index contributed by atoms with van der Waals surface area (Å²) in [4.78, 5) is 30.2. The summed E-state index contributed by atoms with van der Waals surface area (Å²) >= 11 is 6.58. The van der Waals surface area contributed by atoms with Crippen molar-refractivity contribution in [3.63, 3.8) is 0 Å². The van der Waals surface area contributed by atoms with Crippen LogP contribution in [-0.4, -0.2) is 69.7 Å². The highest BCUT2D eigenvalue weighted by Crippen LogP contribution is 2.44. The van der Waals surface area contributed by atoms with Crippen LogP contribution in [0.1, 0.15) is 59.6 Å². The second kappa shape index (κ2) is 11.0. The molecule has 2 fully saturated rings. The number of hydrogen-bond acceptors (Lipinski definition) is 8. The van der Waals surface area contributed by atoms with E-state index in [0.29, 0.717) is 25.1 Å². The van der Waals surface area contributed by atoms with Crippen LogP contribution in [0, 0.1) is 11.3 Å². The number of nitrogens with zero attached hydrogens (tertiary/aromatic N) is 1. The van der Waals surface area contributed by atoms with Crippen LogP contribution in [0.5, 0.6) is 0 Å². The van der Waals surface area contributed by atoms with Crippen LogP contribution in [0.3, 0.4) is 0 Å². The first-order chi connectivity index (χ1) is 16.3. The molecule has 0 bridgehead atoms. The Kier molecular flexibility index (Phi) is 8.76. The molecule has 1 aromatic heterocycles. The molecule has 8 nitrogen and oxygen atoms in total. The lowest BCUT2D eigenvalue weighted by molar-refractivity contribution is -0.155. The predicted molar refractivity (Wildman–Crippen MR) is 130 cm³/mol. The molecule has 2 saturated heterocycles. The van der Waals surface area contributed by atoms with E-state index in [9.17, 15) is 19.8 Å². The fourth-order valence-electron chi connectivity index (χ4n) is 4.39. The summed E-state index contributed by atoms with van der Waals surface area (Å²) in [5.74, 6) is -1.85.